The second kappa shape index (κ2) is 8.20. The average Bonchev–Trinajstić information content (AvgIpc) is 3.60. The normalized spacial score (nSPS) is 12.9. The summed E-state index contributed by atoms with van der Waals surface area (Å²) in [4.78, 5) is 42.0. The predicted octanol–water partition coefficient (Wildman–Crippen LogP) is 5.16. The van der Waals surface area contributed by atoms with Crippen LogP contribution in [0.25, 0.3) is 21.8 Å². The lowest BCUT2D eigenvalue weighted by molar-refractivity contribution is 0.0602. The molecule has 178 valence electrons. The highest BCUT2D eigenvalue weighted by Gasteiger charge is 2.35. The van der Waals surface area contributed by atoms with Gasteiger partial charge in [0.25, 0.3) is 11.8 Å². The van der Waals surface area contributed by atoms with Crippen LogP contribution >= 0.6 is 0 Å². The number of fused-ring (bicyclic) bond motifs is 5. The van der Waals surface area contributed by atoms with Crippen molar-refractivity contribution in [1.82, 2.24) is 9.47 Å². The van der Waals surface area contributed by atoms with Crippen molar-refractivity contribution in [2.45, 2.75) is 13.1 Å². The minimum absolute atomic E-state index is 0.125. The van der Waals surface area contributed by atoms with Crippen molar-refractivity contribution in [3.8, 4) is 0 Å². The molecule has 0 bridgehead atoms. The van der Waals surface area contributed by atoms with Crippen LogP contribution in [0.3, 0.4) is 0 Å². The Morgan fingerprint density at radius 1 is 1.06 bits per heavy atom. The molecule has 5 aromatic rings. The third kappa shape index (κ3) is 3.22. The fourth-order valence-corrected chi connectivity index (χ4v) is 4.96. The van der Waals surface area contributed by atoms with E-state index in [-0.39, 0.29) is 30.1 Å². The zero-order chi connectivity index (χ0) is 25.0. The molecule has 0 unspecified atom stereocenters. The van der Waals surface area contributed by atoms with Crippen molar-refractivity contribution in [3.05, 3.63) is 107 Å². The Morgan fingerprint density at radius 2 is 1.86 bits per heavy atom. The molecular formula is C28H19FN2O5. The number of esters is 1. The van der Waals surface area contributed by atoms with Crippen LogP contribution in [0.15, 0.2) is 77.4 Å². The van der Waals surface area contributed by atoms with Crippen LogP contribution in [0.5, 0.6) is 0 Å². The maximum atomic E-state index is 14.5. The van der Waals surface area contributed by atoms with Gasteiger partial charge in [0.05, 0.1) is 42.1 Å². The van der Waals surface area contributed by atoms with Gasteiger partial charge in [-0.15, -0.1) is 0 Å². The van der Waals surface area contributed by atoms with Crippen molar-refractivity contribution in [2.24, 2.45) is 0 Å². The summed E-state index contributed by atoms with van der Waals surface area (Å²) in [5.41, 5.74) is 2.02. The molecule has 0 atom stereocenters. The van der Waals surface area contributed by atoms with E-state index in [9.17, 15) is 18.8 Å². The number of rotatable bonds is 4. The number of carbonyl (C=O) groups excluding carboxylic acids is 3. The number of halogens is 1. The summed E-state index contributed by atoms with van der Waals surface area (Å²) in [5, 5.41) is 0.711. The van der Waals surface area contributed by atoms with Gasteiger partial charge in [0.1, 0.15) is 11.6 Å². The van der Waals surface area contributed by atoms with Crippen molar-refractivity contribution in [3.63, 3.8) is 0 Å². The Kier molecular flexibility index (Phi) is 4.96. The number of nitrogens with zero attached hydrogens (tertiary/aromatic N) is 2. The van der Waals surface area contributed by atoms with E-state index in [0.717, 1.165) is 0 Å². The van der Waals surface area contributed by atoms with E-state index in [1.165, 1.54) is 36.1 Å². The summed E-state index contributed by atoms with van der Waals surface area (Å²) in [6.07, 6.45) is 1.53. The summed E-state index contributed by atoms with van der Waals surface area (Å²) in [6, 6.07) is 17.7. The van der Waals surface area contributed by atoms with Crippen molar-refractivity contribution in [2.75, 3.05) is 7.11 Å². The van der Waals surface area contributed by atoms with Crippen LogP contribution < -0.4 is 0 Å². The maximum Gasteiger partial charge on any atom is 0.340 e. The van der Waals surface area contributed by atoms with Gasteiger partial charge >= 0.3 is 5.97 Å². The topological polar surface area (TPSA) is 81.8 Å². The number of carbonyl (C=O) groups is 3. The highest BCUT2D eigenvalue weighted by Crippen LogP contribution is 2.40. The summed E-state index contributed by atoms with van der Waals surface area (Å²) in [5.74, 6) is -1.29. The molecule has 1 aliphatic heterocycles. The molecule has 8 heteroatoms. The number of benzene rings is 3. The van der Waals surface area contributed by atoms with Gasteiger partial charge < -0.3 is 14.1 Å². The second-order valence-corrected chi connectivity index (χ2v) is 8.58. The lowest BCUT2D eigenvalue weighted by Crippen LogP contribution is -2.23. The fourth-order valence-electron chi connectivity index (χ4n) is 4.96. The molecule has 6 rings (SSSR count). The first-order valence-electron chi connectivity index (χ1n) is 11.3. The largest absolute Gasteiger partial charge is 0.467 e. The van der Waals surface area contributed by atoms with Gasteiger partial charge in [-0.2, -0.15) is 0 Å². The first-order chi connectivity index (χ1) is 17.5. The molecule has 1 amide bonds. The molecule has 0 saturated heterocycles. The molecule has 3 aromatic carbocycles. The molecule has 0 aliphatic carbocycles. The van der Waals surface area contributed by atoms with Crippen LogP contribution in [0.4, 0.5) is 4.39 Å². The monoisotopic (exact) mass is 482 g/mol. The third-order valence-electron chi connectivity index (χ3n) is 6.49. The van der Waals surface area contributed by atoms with E-state index >= 15 is 0 Å². The number of hydrogen-bond acceptors (Lipinski definition) is 5. The van der Waals surface area contributed by atoms with Crippen LogP contribution in [-0.4, -0.2) is 34.4 Å². The summed E-state index contributed by atoms with van der Waals surface area (Å²) in [7, 11) is 1.25. The van der Waals surface area contributed by atoms with Crippen LogP contribution in [-0.2, 0) is 17.8 Å². The molecule has 7 nitrogen and oxygen atoms in total. The highest BCUT2D eigenvalue weighted by atomic mass is 19.1. The molecule has 1 aliphatic rings. The van der Waals surface area contributed by atoms with E-state index in [0.29, 0.717) is 38.7 Å². The van der Waals surface area contributed by atoms with E-state index < -0.39 is 17.7 Å². The van der Waals surface area contributed by atoms with E-state index in [1.807, 2.05) is 0 Å². The summed E-state index contributed by atoms with van der Waals surface area (Å²) >= 11 is 0. The van der Waals surface area contributed by atoms with Gasteiger partial charge in [0.15, 0.2) is 0 Å². The highest BCUT2D eigenvalue weighted by molar-refractivity contribution is 6.26. The average molecular weight is 482 g/mol. The van der Waals surface area contributed by atoms with Gasteiger partial charge in [-0.05, 0) is 54.1 Å². The standard InChI is InChI=1S/C28H19FN2O5/c1-35-28(34)21-12-17-14-30(15-19-8-5-11-36-19)27(33)23(17)24-20-13-18(29)9-10-22(20)31(25(21)24)26(32)16-6-3-2-4-7-16/h2-13H,14-15H2,1H3. The molecule has 0 spiro atoms. The van der Waals surface area contributed by atoms with E-state index in [2.05, 4.69) is 0 Å². The first kappa shape index (κ1) is 21.8. The van der Waals surface area contributed by atoms with Gasteiger partial charge in [0.2, 0.25) is 0 Å². The van der Waals surface area contributed by atoms with Crippen molar-refractivity contribution in [1.29, 1.82) is 0 Å². The Morgan fingerprint density at radius 3 is 2.58 bits per heavy atom. The fraction of sp³-hybridized carbons (Fsp3) is 0.107. The minimum Gasteiger partial charge on any atom is -0.467 e. The maximum absolute atomic E-state index is 14.5. The Labute approximate surface area is 204 Å². The molecule has 36 heavy (non-hydrogen) atoms. The molecule has 0 fully saturated rings. The summed E-state index contributed by atoms with van der Waals surface area (Å²) < 4.78 is 26.3. The predicted molar refractivity (Wildman–Crippen MR) is 129 cm³/mol. The van der Waals surface area contributed by atoms with Gasteiger partial charge in [-0.3, -0.25) is 14.2 Å². The van der Waals surface area contributed by atoms with Crippen LogP contribution in [0.2, 0.25) is 0 Å². The van der Waals surface area contributed by atoms with Crippen molar-refractivity contribution >= 4 is 39.6 Å². The molecule has 0 radical (unpaired) electrons. The molecule has 2 aromatic heterocycles. The van der Waals surface area contributed by atoms with Gasteiger partial charge in [0, 0.05) is 22.9 Å². The lowest BCUT2D eigenvalue weighted by Gasteiger charge is -2.13. The Bertz CT molecular complexity index is 1690. The Balaban J connectivity index is 1.68. The smallest absolute Gasteiger partial charge is 0.340 e. The molecular weight excluding hydrogens is 463 g/mol. The minimum atomic E-state index is -0.662. The number of furan rings is 1. The number of aromatic nitrogens is 1. The zero-order valence-electron chi connectivity index (χ0n) is 19.2. The van der Waals surface area contributed by atoms with Gasteiger partial charge in [-0.1, -0.05) is 18.2 Å². The third-order valence-corrected chi connectivity index (χ3v) is 6.49. The summed E-state index contributed by atoms with van der Waals surface area (Å²) in [6.45, 7) is 0.453. The van der Waals surface area contributed by atoms with Crippen LogP contribution in [0.1, 0.15) is 42.4 Å². The Hall–Kier alpha value is -4.72. The first-order valence-corrected chi connectivity index (χ1v) is 11.3. The zero-order valence-corrected chi connectivity index (χ0v) is 19.2. The number of ether oxygens (including phenoxy) is 1. The lowest BCUT2D eigenvalue weighted by atomic mass is 9.98. The molecule has 0 N–H and O–H groups in total. The molecule has 0 saturated carbocycles. The van der Waals surface area contributed by atoms with E-state index in [4.69, 9.17) is 9.15 Å². The van der Waals surface area contributed by atoms with Crippen molar-refractivity contribution < 1.29 is 27.9 Å². The van der Waals surface area contributed by atoms with Crippen LogP contribution in [0, 0.1) is 5.82 Å². The molecule has 3 heterocycles. The number of methoxy groups -OCH3 is 1. The second-order valence-electron chi connectivity index (χ2n) is 8.58. The quantitative estimate of drug-likeness (QED) is 0.331. The number of hydrogen-bond donors (Lipinski definition) is 0. The van der Waals surface area contributed by atoms with Gasteiger partial charge in [-0.25, -0.2) is 9.18 Å². The SMILES string of the molecule is COC(=O)c1cc2c(c3c4cc(F)ccc4n(C(=O)c4ccccc4)c13)C(=O)N(Cc1ccco1)C2. The number of amides is 1. The van der Waals surface area contributed by atoms with E-state index in [1.54, 1.807) is 53.4 Å².